The van der Waals surface area contributed by atoms with E-state index in [0.717, 1.165) is 6.07 Å². The second-order valence-electron chi connectivity index (χ2n) is 4.36. The summed E-state index contributed by atoms with van der Waals surface area (Å²) in [4.78, 5) is 3.38. The van der Waals surface area contributed by atoms with Crippen LogP contribution in [0.4, 0.5) is 10.1 Å². The third kappa shape index (κ3) is 3.33. The maximum Gasteiger partial charge on any atom is 0.264 e. The zero-order chi connectivity index (χ0) is 15.6. The Kier molecular flexibility index (Phi) is 4.17. The summed E-state index contributed by atoms with van der Waals surface area (Å²) < 4.78 is 45.5. The Labute approximate surface area is 123 Å². The van der Waals surface area contributed by atoms with Gasteiger partial charge in [0.1, 0.15) is 24.2 Å². The van der Waals surface area contributed by atoms with E-state index in [1.165, 1.54) is 31.5 Å². The average molecular weight is 306 g/mol. The third-order valence-electron chi connectivity index (χ3n) is 2.69. The molecule has 0 saturated carbocycles. The Morgan fingerprint density at radius 1 is 1.33 bits per heavy atom. The lowest BCUT2D eigenvalue weighted by Crippen LogP contribution is -2.17. The maximum atomic E-state index is 13.8. The Morgan fingerprint density at radius 2 is 2.05 bits per heavy atom. The maximum absolute atomic E-state index is 13.8. The van der Waals surface area contributed by atoms with E-state index in [1.54, 1.807) is 6.92 Å². The van der Waals surface area contributed by atoms with Crippen LogP contribution in [0.25, 0.3) is 0 Å². The lowest BCUT2D eigenvalue weighted by molar-refractivity contribution is 0.400. The number of anilines is 1. The topological polar surface area (TPSA) is 68.3 Å². The van der Waals surface area contributed by atoms with Gasteiger partial charge in [-0.15, -0.1) is 0 Å². The Morgan fingerprint density at radius 3 is 2.67 bits per heavy atom. The molecule has 108 valence electrons. The van der Waals surface area contributed by atoms with E-state index < -0.39 is 20.7 Å². The molecule has 8 heteroatoms. The second kappa shape index (κ2) is 5.73. The molecule has 0 amide bonds. The summed E-state index contributed by atoms with van der Waals surface area (Å²) in [5.41, 5.74) is 0.907. The van der Waals surface area contributed by atoms with Gasteiger partial charge >= 0.3 is 0 Å². The first-order chi connectivity index (χ1) is 9.83. The Balaban J connectivity index is 2.44. The van der Waals surface area contributed by atoms with Gasteiger partial charge in [-0.3, -0.25) is 4.72 Å². The fraction of sp³-hybridized carbons (Fsp3) is 0.154. The minimum atomic E-state index is -4.11. The number of methoxy groups -OCH3 is 1. The standard InChI is InChI=1S/C13H12BFN2O3S/c1-8-3-4-12(10(15)5-8)21(18,19)17-11-6-9(14)7-16-13(11)20-2/h3-7,17H,1-2H3. The van der Waals surface area contributed by atoms with Crippen molar-refractivity contribution in [3.63, 3.8) is 0 Å². The van der Waals surface area contributed by atoms with Crippen molar-refractivity contribution in [2.24, 2.45) is 0 Å². The molecule has 0 aliphatic rings. The molecule has 1 heterocycles. The predicted molar refractivity (Wildman–Crippen MR) is 78.1 cm³/mol. The van der Waals surface area contributed by atoms with E-state index >= 15 is 0 Å². The number of hydrogen-bond donors (Lipinski definition) is 1. The van der Waals surface area contributed by atoms with Gasteiger partial charge in [0.05, 0.1) is 7.11 Å². The SMILES string of the molecule is [B]c1cnc(OC)c(NS(=O)(=O)c2ccc(C)cc2F)c1. The average Bonchev–Trinajstić information content (AvgIpc) is 2.37. The third-order valence-corrected chi connectivity index (χ3v) is 4.09. The van der Waals surface area contributed by atoms with E-state index in [-0.39, 0.29) is 17.0 Å². The van der Waals surface area contributed by atoms with Gasteiger partial charge in [-0.25, -0.2) is 17.8 Å². The van der Waals surface area contributed by atoms with Gasteiger partial charge < -0.3 is 4.74 Å². The largest absolute Gasteiger partial charge is 0.480 e. The fourth-order valence-electron chi connectivity index (χ4n) is 1.73. The zero-order valence-corrected chi connectivity index (χ0v) is 12.2. The second-order valence-corrected chi connectivity index (χ2v) is 6.02. The number of rotatable bonds is 4. The quantitative estimate of drug-likeness (QED) is 0.860. The van der Waals surface area contributed by atoms with Crippen LogP contribution in [0.2, 0.25) is 0 Å². The molecule has 1 aromatic heterocycles. The lowest BCUT2D eigenvalue weighted by atomic mass is 9.99. The van der Waals surface area contributed by atoms with Gasteiger partial charge in [-0.1, -0.05) is 11.5 Å². The first-order valence-corrected chi connectivity index (χ1v) is 7.40. The van der Waals surface area contributed by atoms with Crippen LogP contribution >= 0.6 is 0 Å². The molecular weight excluding hydrogens is 294 g/mol. The molecule has 0 fully saturated rings. The number of halogens is 1. The van der Waals surface area contributed by atoms with Crippen LogP contribution in [0.15, 0.2) is 35.4 Å². The zero-order valence-electron chi connectivity index (χ0n) is 11.4. The number of ether oxygens (including phenoxy) is 1. The minimum Gasteiger partial charge on any atom is -0.480 e. The summed E-state index contributed by atoms with van der Waals surface area (Å²) >= 11 is 0. The van der Waals surface area contributed by atoms with Crippen molar-refractivity contribution in [1.29, 1.82) is 0 Å². The molecular formula is C13H12BFN2O3S. The molecule has 1 aromatic carbocycles. The molecule has 5 nitrogen and oxygen atoms in total. The highest BCUT2D eigenvalue weighted by molar-refractivity contribution is 7.92. The van der Waals surface area contributed by atoms with Crippen LogP contribution in [0, 0.1) is 12.7 Å². The van der Waals surface area contributed by atoms with Crippen molar-refractivity contribution < 1.29 is 17.5 Å². The van der Waals surface area contributed by atoms with E-state index in [9.17, 15) is 12.8 Å². The molecule has 2 radical (unpaired) electrons. The summed E-state index contributed by atoms with van der Waals surface area (Å²) in [5, 5.41) is 0. The van der Waals surface area contributed by atoms with Crippen LogP contribution in [-0.4, -0.2) is 28.4 Å². The summed E-state index contributed by atoms with van der Waals surface area (Å²) in [7, 11) is 2.79. The number of benzene rings is 1. The number of nitrogens with one attached hydrogen (secondary N) is 1. The van der Waals surface area contributed by atoms with Gasteiger partial charge in [0.25, 0.3) is 10.0 Å². The summed E-state index contributed by atoms with van der Waals surface area (Å²) in [6, 6.07) is 5.19. The van der Waals surface area contributed by atoms with Crippen LogP contribution in [0.1, 0.15) is 5.56 Å². The fourth-order valence-corrected chi connectivity index (χ4v) is 2.84. The molecule has 1 N–H and O–H groups in total. The smallest absolute Gasteiger partial charge is 0.264 e. The van der Waals surface area contributed by atoms with Gasteiger partial charge in [0.2, 0.25) is 5.88 Å². The van der Waals surface area contributed by atoms with Crippen molar-refractivity contribution in [3.05, 3.63) is 41.8 Å². The van der Waals surface area contributed by atoms with Crippen molar-refractivity contribution in [2.75, 3.05) is 11.8 Å². The number of sulfonamides is 1. The molecule has 0 bridgehead atoms. The normalized spacial score (nSPS) is 11.2. The minimum absolute atomic E-state index is 0.0393. The summed E-state index contributed by atoms with van der Waals surface area (Å²) in [6.07, 6.45) is 1.32. The molecule has 0 saturated heterocycles. The van der Waals surface area contributed by atoms with E-state index in [2.05, 4.69) is 9.71 Å². The molecule has 2 rings (SSSR count). The first-order valence-electron chi connectivity index (χ1n) is 5.92. The van der Waals surface area contributed by atoms with E-state index in [1.807, 2.05) is 0 Å². The number of nitrogens with zero attached hydrogens (tertiary/aromatic N) is 1. The highest BCUT2D eigenvalue weighted by Gasteiger charge is 2.21. The van der Waals surface area contributed by atoms with Crippen LogP contribution in [0.5, 0.6) is 5.88 Å². The number of hydrogen-bond acceptors (Lipinski definition) is 4. The van der Waals surface area contributed by atoms with E-state index in [4.69, 9.17) is 12.6 Å². The molecule has 0 aliphatic heterocycles. The molecule has 2 aromatic rings. The summed E-state index contributed by atoms with van der Waals surface area (Å²) in [5.74, 6) is -0.793. The molecule has 0 atom stereocenters. The number of pyridine rings is 1. The predicted octanol–water partition coefficient (Wildman–Crippen LogP) is 1.13. The van der Waals surface area contributed by atoms with Crippen LogP contribution in [0.3, 0.4) is 0 Å². The first kappa shape index (κ1) is 15.3. The van der Waals surface area contributed by atoms with Crippen molar-refractivity contribution in [3.8, 4) is 5.88 Å². The van der Waals surface area contributed by atoms with Gasteiger partial charge in [0.15, 0.2) is 0 Å². The Bertz CT molecular complexity index is 781. The highest BCUT2D eigenvalue weighted by Crippen LogP contribution is 2.24. The van der Waals surface area contributed by atoms with Gasteiger partial charge in [-0.2, -0.15) is 0 Å². The van der Waals surface area contributed by atoms with Crippen molar-refractivity contribution >= 4 is 29.0 Å². The molecule has 0 aliphatic carbocycles. The van der Waals surface area contributed by atoms with Crippen LogP contribution in [-0.2, 0) is 10.0 Å². The summed E-state index contributed by atoms with van der Waals surface area (Å²) in [6.45, 7) is 1.66. The molecule has 0 spiro atoms. The Hall–Kier alpha value is -2.09. The highest BCUT2D eigenvalue weighted by atomic mass is 32.2. The lowest BCUT2D eigenvalue weighted by Gasteiger charge is -2.12. The van der Waals surface area contributed by atoms with Gasteiger partial charge in [-0.05, 0) is 30.7 Å². The van der Waals surface area contributed by atoms with Crippen LogP contribution < -0.4 is 14.9 Å². The van der Waals surface area contributed by atoms with Gasteiger partial charge in [0, 0.05) is 6.20 Å². The number of aryl methyl sites for hydroxylation is 1. The molecule has 21 heavy (non-hydrogen) atoms. The monoisotopic (exact) mass is 306 g/mol. The van der Waals surface area contributed by atoms with E-state index in [0.29, 0.717) is 5.56 Å². The number of aromatic nitrogens is 1. The molecule has 0 unspecified atom stereocenters. The van der Waals surface area contributed by atoms with Crippen molar-refractivity contribution in [1.82, 2.24) is 4.98 Å². The van der Waals surface area contributed by atoms with Crippen molar-refractivity contribution in [2.45, 2.75) is 11.8 Å².